The van der Waals surface area contributed by atoms with Crippen LogP contribution in [-0.2, 0) is 0 Å². The van der Waals surface area contributed by atoms with Crippen LogP contribution in [0.4, 0.5) is 0 Å². The summed E-state index contributed by atoms with van der Waals surface area (Å²) in [6.45, 7) is 4.65. The Hall–Kier alpha value is -0.770. The van der Waals surface area contributed by atoms with Crippen LogP contribution in [0.3, 0.4) is 0 Å². The number of carbonyl (C=O) groups excluding carboxylic acids is 1. The maximum absolute atomic E-state index is 11.6. The number of nitrogens with one attached hydrogen (secondary N) is 1. The summed E-state index contributed by atoms with van der Waals surface area (Å²) in [6, 6.07) is 1.79. The van der Waals surface area contributed by atoms with Gasteiger partial charge in [0.15, 0.2) is 5.76 Å². The van der Waals surface area contributed by atoms with Crippen molar-refractivity contribution in [1.82, 2.24) is 5.32 Å². The largest absolute Gasteiger partial charge is 0.459 e. The van der Waals surface area contributed by atoms with Crippen LogP contribution >= 0.6 is 15.9 Å². The average Bonchev–Trinajstić information content (AvgIpc) is 2.58. The van der Waals surface area contributed by atoms with E-state index in [1.807, 2.05) is 6.92 Å². The molecule has 0 aromatic carbocycles. The van der Waals surface area contributed by atoms with Crippen molar-refractivity contribution in [3.8, 4) is 0 Å². The summed E-state index contributed by atoms with van der Waals surface area (Å²) < 4.78 is 5.08. The fraction of sp³-hybridized carbons (Fsp3) is 0.545. The molecule has 15 heavy (non-hydrogen) atoms. The van der Waals surface area contributed by atoms with Gasteiger partial charge in [0.2, 0.25) is 0 Å². The molecule has 84 valence electrons. The van der Waals surface area contributed by atoms with E-state index in [1.165, 1.54) is 6.26 Å². The minimum Gasteiger partial charge on any atom is -0.459 e. The van der Waals surface area contributed by atoms with Crippen molar-refractivity contribution < 1.29 is 9.21 Å². The second-order valence-corrected chi connectivity index (χ2v) is 5.17. The van der Waals surface area contributed by atoms with E-state index in [0.717, 1.165) is 18.4 Å². The second kappa shape index (κ2) is 5.95. The molecule has 1 heterocycles. The van der Waals surface area contributed by atoms with Gasteiger partial charge in [0, 0.05) is 16.9 Å². The van der Waals surface area contributed by atoms with Gasteiger partial charge in [0.1, 0.15) is 0 Å². The van der Waals surface area contributed by atoms with Crippen molar-refractivity contribution >= 4 is 21.8 Å². The molecule has 0 aliphatic heterocycles. The highest BCUT2D eigenvalue weighted by Crippen LogP contribution is 2.09. The van der Waals surface area contributed by atoms with Gasteiger partial charge >= 0.3 is 0 Å². The number of hydrogen-bond donors (Lipinski definition) is 1. The first-order valence-electron chi connectivity index (χ1n) is 5.07. The summed E-state index contributed by atoms with van der Waals surface area (Å²) >= 11 is 3.46. The molecule has 3 nitrogen and oxygen atoms in total. The van der Waals surface area contributed by atoms with Crippen LogP contribution in [0, 0.1) is 6.92 Å². The highest BCUT2D eigenvalue weighted by molar-refractivity contribution is 9.09. The first kappa shape index (κ1) is 12.3. The molecule has 1 amide bonds. The van der Waals surface area contributed by atoms with E-state index in [4.69, 9.17) is 4.42 Å². The Morgan fingerprint density at radius 2 is 2.40 bits per heavy atom. The Labute approximate surface area is 98.4 Å². The molecule has 1 atom stereocenters. The number of amides is 1. The van der Waals surface area contributed by atoms with Crippen molar-refractivity contribution in [2.24, 2.45) is 0 Å². The molecule has 1 unspecified atom stereocenters. The van der Waals surface area contributed by atoms with Gasteiger partial charge in [0.05, 0.1) is 6.26 Å². The lowest BCUT2D eigenvalue weighted by atomic mass is 10.2. The number of hydrogen-bond acceptors (Lipinski definition) is 2. The zero-order valence-corrected chi connectivity index (χ0v) is 10.6. The van der Waals surface area contributed by atoms with E-state index in [0.29, 0.717) is 17.1 Å². The first-order chi connectivity index (χ1) is 7.11. The third kappa shape index (κ3) is 4.08. The van der Waals surface area contributed by atoms with Crippen LogP contribution in [-0.4, -0.2) is 17.3 Å². The number of alkyl halides is 1. The zero-order chi connectivity index (χ0) is 11.3. The average molecular weight is 274 g/mol. The van der Waals surface area contributed by atoms with Gasteiger partial charge in [-0.2, -0.15) is 0 Å². The molecule has 0 aliphatic carbocycles. The lowest BCUT2D eigenvalue weighted by molar-refractivity contribution is 0.0924. The maximum atomic E-state index is 11.6. The monoisotopic (exact) mass is 273 g/mol. The van der Waals surface area contributed by atoms with Gasteiger partial charge in [-0.3, -0.25) is 4.79 Å². The smallest absolute Gasteiger partial charge is 0.287 e. The van der Waals surface area contributed by atoms with E-state index in [1.54, 1.807) is 6.07 Å². The van der Waals surface area contributed by atoms with Gasteiger partial charge < -0.3 is 9.73 Å². The third-order valence-electron chi connectivity index (χ3n) is 2.13. The highest BCUT2D eigenvalue weighted by Gasteiger charge is 2.11. The number of carbonyl (C=O) groups is 1. The van der Waals surface area contributed by atoms with Gasteiger partial charge in [-0.1, -0.05) is 22.9 Å². The molecule has 0 aliphatic rings. The van der Waals surface area contributed by atoms with Crippen LogP contribution < -0.4 is 5.32 Å². The molecule has 0 spiro atoms. The minimum atomic E-state index is -0.125. The Morgan fingerprint density at radius 3 is 2.93 bits per heavy atom. The standard InChI is InChI=1S/C11H16BrNO2/c1-8-5-7-15-10(8)11(14)13-6-3-4-9(2)12/h5,7,9H,3-4,6H2,1-2H3,(H,13,14). The van der Waals surface area contributed by atoms with E-state index < -0.39 is 0 Å². The molecular formula is C11H16BrNO2. The van der Waals surface area contributed by atoms with Gasteiger partial charge in [0.25, 0.3) is 5.91 Å². The molecule has 4 heteroatoms. The minimum absolute atomic E-state index is 0.125. The summed E-state index contributed by atoms with van der Waals surface area (Å²) in [4.78, 5) is 12.1. The molecule has 1 rings (SSSR count). The second-order valence-electron chi connectivity index (χ2n) is 3.61. The van der Waals surface area contributed by atoms with Gasteiger partial charge in [-0.25, -0.2) is 0 Å². The first-order valence-corrected chi connectivity index (χ1v) is 5.99. The summed E-state index contributed by atoms with van der Waals surface area (Å²) in [6.07, 6.45) is 3.56. The van der Waals surface area contributed by atoms with Crippen molar-refractivity contribution in [2.75, 3.05) is 6.54 Å². The summed E-state index contributed by atoms with van der Waals surface area (Å²) in [5, 5.41) is 2.83. The van der Waals surface area contributed by atoms with Crippen molar-refractivity contribution in [3.05, 3.63) is 23.7 Å². The normalized spacial score (nSPS) is 12.5. The number of halogens is 1. The SMILES string of the molecule is Cc1ccoc1C(=O)NCCCC(C)Br. The van der Waals surface area contributed by atoms with E-state index in [2.05, 4.69) is 28.2 Å². The molecular weight excluding hydrogens is 258 g/mol. The van der Waals surface area contributed by atoms with Crippen LogP contribution in [0.2, 0.25) is 0 Å². The molecule has 1 N–H and O–H groups in total. The summed E-state index contributed by atoms with van der Waals surface area (Å²) in [5.41, 5.74) is 0.876. The zero-order valence-electron chi connectivity index (χ0n) is 9.05. The predicted molar refractivity (Wildman–Crippen MR) is 63.4 cm³/mol. The van der Waals surface area contributed by atoms with Crippen LogP contribution in [0.15, 0.2) is 16.7 Å². The molecule has 0 saturated carbocycles. The lowest BCUT2D eigenvalue weighted by Gasteiger charge is -2.04. The van der Waals surface area contributed by atoms with E-state index in [-0.39, 0.29) is 5.91 Å². The van der Waals surface area contributed by atoms with Crippen molar-refractivity contribution in [1.29, 1.82) is 0 Å². The molecule has 0 radical (unpaired) electrons. The number of rotatable bonds is 5. The van der Waals surface area contributed by atoms with E-state index in [9.17, 15) is 4.79 Å². The lowest BCUT2D eigenvalue weighted by Crippen LogP contribution is -2.24. The molecule has 0 bridgehead atoms. The Bertz CT molecular complexity index is 320. The van der Waals surface area contributed by atoms with Gasteiger partial charge in [-0.15, -0.1) is 0 Å². The van der Waals surface area contributed by atoms with Crippen LogP contribution in [0.1, 0.15) is 35.9 Å². The summed E-state index contributed by atoms with van der Waals surface area (Å²) in [5.74, 6) is 0.293. The van der Waals surface area contributed by atoms with Gasteiger partial charge in [-0.05, 0) is 25.8 Å². The van der Waals surface area contributed by atoms with Crippen LogP contribution in [0.5, 0.6) is 0 Å². The predicted octanol–water partition coefficient (Wildman–Crippen LogP) is 2.88. The topological polar surface area (TPSA) is 42.2 Å². The third-order valence-corrected chi connectivity index (χ3v) is 2.59. The molecule has 1 aromatic rings. The number of furan rings is 1. The molecule has 0 saturated heterocycles. The summed E-state index contributed by atoms with van der Waals surface area (Å²) in [7, 11) is 0. The fourth-order valence-electron chi connectivity index (χ4n) is 1.27. The van der Waals surface area contributed by atoms with Crippen molar-refractivity contribution in [3.63, 3.8) is 0 Å². The Morgan fingerprint density at radius 1 is 1.67 bits per heavy atom. The van der Waals surface area contributed by atoms with E-state index >= 15 is 0 Å². The van der Waals surface area contributed by atoms with Crippen LogP contribution in [0.25, 0.3) is 0 Å². The highest BCUT2D eigenvalue weighted by atomic mass is 79.9. The quantitative estimate of drug-likeness (QED) is 0.662. The Balaban J connectivity index is 2.28. The van der Waals surface area contributed by atoms with Crippen molar-refractivity contribution in [2.45, 2.75) is 31.5 Å². The number of aryl methyl sites for hydroxylation is 1. The maximum Gasteiger partial charge on any atom is 0.287 e. The molecule has 0 fully saturated rings. The Kier molecular flexibility index (Phi) is 4.88. The molecule has 1 aromatic heterocycles. The fourth-order valence-corrected chi connectivity index (χ4v) is 1.59.